The van der Waals surface area contributed by atoms with Crippen LogP contribution in [0, 0.1) is 0 Å². The molecular weight excluding hydrogens is 207 g/mol. The molecule has 0 amide bonds. The van der Waals surface area contributed by atoms with Crippen molar-refractivity contribution in [2.75, 3.05) is 13.2 Å². The van der Waals surface area contributed by atoms with Crippen molar-refractivity contribution in [2.24, 2.45) is 0 Å². The van der Waals surface area contributed by atoms with Gasteiger partial charge in [-0.15, -0.1) is 6.58 Å². The van der Waals surface area contributed by atoms with Crippen LogP contribution >= 0.6 is 0 Å². The Morgan fingerprint density at radius 3 is 2.46 bits per heavy atom. The number of hydrogen-bond acceptors (Lipinski definition) is 4. The van der Waals surface area contributed by atoms with Crippen LogP contribution in [0.15, 0.2) is 12.7 Å². The molecule has 0 fully saturated rings. The van der Waals surface area contributed by atoms with Crippen molar-refractivity contribution in [1.82, 2.24) is 0 Å². The zero-order valence-corrected chi connectivity index (χ0v) is 7.33. The molecule has 1 atom stereocenters. The van der Waals surface area contributed by atoms with Crippen LogP contribution in [-0.4, -0.2) is 66.3 Å². The fourth-order valence-corrected chi connectivity index (χ4v) is 0.894. The molecule has 0 aliphatic rings. The molecule has 74 valence electrons. The van der Waals surface area contributed by atoms with Gasteiger partial charge >= 0.3 is 29.6 Å². The van der Waals surface area contributed by atoms with E-state index in [0.717, 1.165) is 0 Å². The van der Waals surface area contributed by atoms with E-state index in [1.807, 2.05) is 0 Å². The first-order valence-electron chi connectivity index (χ1n) is 3.31. The van der Waals surface area contributed by atoms with Gasteiger partial charge in [-0.3, -0.25) is 4.55 Å². The van der Waals surface area contributed by atoms with Crippen LogP contribution in [0.2, 0.25) is 0 Å². The van der Waals surface area contributed by atoms with Gasteiger partial charge in [0.2, 0.25) is 0 Å². The van der Waals surface area contributed by atoms with Crippen molar-refractivity contribution in [3.63, 3.8) is 0 Å². The summed E-state index contributed by atoms with van der Waals surface area (Å²) in [4.78, 5) is 0. The summed E-state index contributed by atoms with van der Waals surface area (Å²) in [6, 6.07) is 0. The predicted molar refractivity (Wildman–Crippen MR) is 50.3 cm³/mol. The summed E-state index contributed by atoms with van der Waals surface area (Å²) in [6.45, 7) is 3.72. The second-order valence-electron chi connectivity index (χ2n) is 2.12. The average molecular weight is 220 g/mol. The topological polar surface area (TPSA) is 83.8 Å². The molecule has 0 aliphatic carbocycles. The summed E-state index contributed by atoms with van der Waals surface area (Å²) < 4.78 is 33.5. The number of hydrogen-bond donors (Lipinski definition) is 2. The third-order valence-electron chi connectivity index (χ3n) is 1.09. The molecule has 5 nitrogen and oxygen atoms in total. The zero-order chi connectivity index (χ0) is 9.61. The minimum atomic E-state index is -4.34. The molecule has 13 heavy (non-hydrogen) atoms. The molecule has 1 unspecified atom stereocenters. The monoisotopic (exact) mass is 220 g/mol. The van der Waals surface area contributed by atoms with E-state index >= 15 is 0 Å². The molecule has 2 N–H and O–H groups in total. The number of ether oxygens (including phenoxy) is 1. The molecule has 0 spiro atoms. The third-order valence-corrected chi connectivity index (χ3v) is 2.01. The predicted octanol–water partition coefficient (Wildman–Crippen LogP) is -0.863. The first-order valence-corrected chi connectivity index (χ1v) is 4.82. The fraction of sp³-hybridized carbons (Fsp3) is 0.667. The third kappa shape index (κ3) is 8.89. The van der Waals surface area contributed by atoms with Gasteiger partial charge in [-0.25, -0.2) is 0 Å². The summed E-state index contributed by atoms with van der Waals surface area (Å²) in [7, 11) is -4.34. The van der Waals surface area contributed by atoms with Crippen molar-refractivity contribution in [3.8, 4) is 0 Å². The number of rotatable bonds is 6. The number of aliphatic hydroxyl groups excluding tert-OH is 1. The molecule has 0 radical (unpaired) electrons. The van der Waals surface area contributed by atoms with Crippen LogP contribution in [0.1, 0.15) is 6.42 Å². The fourth-order valence-electron chi connectivity index (χ4n) is 0.500. The number of aliphatic hydroxyl groups is 1. The Balaban J connectivity index is 0. The van der Waals surface area contributed by atoms with Crippen molar-refractivity contribution in [1.29, 1.82) is 0 Å². The first-order chi connectivity index (χ1) is 5.48. The van der Waals surface area contributed by atoms with Crippen LogP contribution < -0.4 is 0 Å². The molecular formula is C6H13NaO5S. The van der Waals surface area contributed by atoms with Gasteiger partial charge in [0, 0.05) is 6.42 Å². The van der Waals surface area contributed by atoms with Crippen LogP contribution in [0.5, 0.6) is 0 Å². The maximum absolute atomic E-state index is 10.2. The second kappa shape index (κ2) is 7.93. The quantitative estimate of drug-likeness (QED) is 0.263. The standard InChI is InChI=1S/C6H12O5S.Na.H/c1-2-4-11-5-3-6(7)12(8,9)10;;/h2,6-7H,1,3-5H2,(H,8,9,10);;. The zero-order valence-electron chi connectivity index (χ0n) is 6.51. The summed E-state index contributed by atoms with van der Waals surface area (Å²) in [6.07, 6.45) is 1.35. The van der Waals surface area contributed by atoms with Gasteiger partial charge < -0.3 is 9.84 Å². The molecule has 0 aromatic carbocycles. The second-order valence-corrected chi connectivity index (χ2v) is 3.70. The minimum absolute atomic E-state index is 0. The Morgan fingerprint density at radius 1 is 1.54 bits per heavy atom. The Labute approximate surface area is 99.8 Å². The summed E-state index contributed by atoms with van der Waals surface area (Å²) >= 11 is 0. The SMILES string of the molecule is C=CCOCCC(O)S(=O)(=O)O.[NaH]. The molecule has 0 aromatic rings. The van der Waals surface area contributed by atoms with Crippen LogP contribution in [0.4, 0.5) is 0 Å². The molecule has 0 aliphatic heterocycles. The van der Waals surface area contributed by atoms with Gasteiger partial charge in [-0.2, -0.15) is 8.42 Å². The molecule has 0 saturated heterocycles. The summed E-state index contributed by atoms with van der Waals surface area (Å²) in [5.41, 5.74) is -1.76. The van der Waals surface area contributed by atoms with E-state index in [1.54, 1.807) is 0 Å². The summed E-state index contributed by atoms with van der Waals surface area (Å²) in [5.74, 6) is 0. The van der Waals surface area contributed by atoms with E-state index in [4.69, 9.17) is 14.4 Å². The molecule has 0 heterocycles. The van der Waals surface area contributed by atoms with E-state index in [2.05, 4.69) is 6.58 Å². The van der Waals surface area contributed by atoms with E-state index in [1.165, 1.54) is 6.08 Å². The van der Waals surface area contributed by atoms with Gasteiger partial charge in [0.25, 0.3) is 10.1 Å². The van der Waals surface area contributed by atoms with E-state index in [-0.39, 0.29) is 49.2 Å². The van der Waals surface area contributed by atoms with Gasteiger partial charge in [0.05, 0.1) is 13.2 Å². The Morgan fingerprint density at radius 2 is 2.08 bits per heavy atom. The summed E-state index contributed by atoms with van der Waals surface area (Å²) in [5, 5.41) is 8.74. The van der Waals surface area contributed by atoms with Crippen molar-refractivity contribution in [3.05, 3.63) is 12.7 Å². The molecule has 7 heteroatoms. The van der Waals surface area contributed by atoms with Crippen molar-refractivity contribution >= 4 is 39.7 Å². The first kappa shape index (κ1) is 16.0. The van der Waals surface area contributed by atoms with E-state index in [0.29, 0.717) is 0 Å². The maximum atomic E-state index is 10.2. The van der Waals surface area contributed by atoms with Gasteiger partial charge in [0.15, 0.2) is 5.44 Å². The molecule has 0 saturated carbocycles. The molecule has 0 rings (SSSR count). The Hall–Kier alpha value is 0.570. The average Bonchev–Trinajstić information content (AvgIpc) is 1.96. The van der Waals surface area contributed by atoms with E-state index < -0.39 is 15.6 Å². The normalized spacial score (nSPS) is 13.1. The molecule has 0 aromatic heterocycles. The van der Waals surface area contributed by atoms with Crippen molar-refractivity contribution in [2.45, 2.75) is 11.9 Å². The van der Waals surface area contributed by atoms with Crippen LogP contribution in [0.3, 0.4) is 0 Å². The Bertz CT molecular complexity index is 225. The van der Waals surface area contributed by atoms with E-state index in [9.17, 15) is 8.42 Å². The Kier molecular flexibility index (Phi) is 9.77. The van der Waals surface area contributed by atoms with Crippen molar-refractivity contribution < 1.29 is 22.8 Å². The molecule has 0 bridgehead atoms. The van der Waals surface area contributed by atoms with Gasteiger partial charge in [-0.1, -0.05) is 6.08 Å². The van der Waals surface area contributed by atoms with Crippen LogP contribution in [0.25, 0.3) is 0 Å². The van der Waals surface area contributed by atoms with Gasteiger partial charge in [-0.05, 0) is 0 Å². The van der Waals surface area contributed by atoms with Gasteiger partial charge in [0.1, 0.15) is 0 Å². The van der Waals surface area contributed by atoms with Crippen LogP contribution in [-0.2, 0) is 14.9 Å².